The summed E-state index contributed by atoms with van der Waals surface area (Å²) in [5.74, 6) is -0.315. The van der Waals surface area contributed by atoms with Crippen molar-refractivity contribution in [3.8, 4) is 0 Å². The Morgan fingerprint density at radius 1 is 1.25 bits per heavy atom. The Morgan fingerprint density at radius 3 is 2.50 bits per heavy atom. The third-order valence-corrected chi connectivity index (χ3v) is 3.71. The number of hydrogen-bond donors (Lipinski definition) is 2. The summed E-state index contributed by atoms with van der Waals surface area (Å²) in [5, 5.41) is 5.90. The number of carbonyl (C=O) groups excluding carboxylic acids is 2. The fraction of sp³-hybridized carbons (Fsp3) is 0.429. The zero-order chi connectivity index (χ0) is 15.1. The van der Waals surface area contributed by atoms with Crippen molar-refractivity contribution in [2.75, 3.05) is 19.3 Å². The lowest BCUT2D eigenvalue weighted by molar-refractivity contribution is -0.123. The third kappa shape index (κ3) is 5.06. The first kappa shape index (κ1) is 16.9. The molecule has 20 heavy (non-hydrogen) atoms. The molecule has 0 radical (unpaired) electrons. The molecule has 0 saturated carbocycles. The number of thioether (sulfide) groups is 1. The first-order chi connectivity index (χ1) is 9.45. The molecule has 0 aliphatic rings. The van der Waals surface area contributed by atoms with Crippen LogP contribution in [0, 0.1) is 5.92 Å². The second-order valence-corrected chi connectivity index (χ2v) is 5.83. The average Bonchev–Trinajstić information content (AvgIpc) is 2.43. The minimum absolute atomic E-state index is 0.0262. The van der Waals surface area contributed by atoms with Crippen LogP contribution in [0.1, 0.15) is 24.2 Å². The first-order valence-electron chi connectivity index (χ1n) is 6.35. The molecule has 0 bridgehead atoms. The number of amides is 2. The van der Waals surface area contributed by atoms with Gasteiger partial charge in [-0.3, -0.25) is 9.59 Å². The molecule has 0 saturated heterocycles. The van der Waals surface area contributed by atoms with Crippen LogP contribution < -0.4 is 10.6 Å². The monoisotopic (exact) mass is 314 g/mol. The van der Waals surface area contributed by atoms with Crippen LogP contribution in [0.3, 0.4) is 0 Å². The second kappa shape index (κ2) is 8.17. The standard InChI is InChI=1S/C14H19ClN2O2S/c1-9(2)13(18)16-6-7-17-14(19)11-8-10(20-3)4-5-12(11)15/h4-5,8-9H,6-7H2,1-3H3,(H,16,18)(H,17,19). The maximum absolute atomic E-state index is 12.0. The van der Waals surface area contributed by atoms with E-state index in [4.69, 9.17) is 11.6 Å². The first-order valence-corrected chi connectivity index (χ1v) is 7.95. The van der Waals surface area contributed by atoms with Crippen LogP contribution in [0.25, 0.3) is 0 Å². The van der Waals surface area contributed by atoms with Gasteiger partial charge in [0.25, 0.3) is 5.91 Å². The van der Waals surface area contributed by atoms with Crippen molar-refractivity contribution < 1.29 is 9.59 Å². The Balaban J connectivity index is 2.49. The van der Waals surface area contributed by atoms with Gasteiger partial charge in [-0.1, -0.05) is 25.4 Å². The van der Waals surface area contributed by atoms with Gasteiger partial charge in [-0.15, -0.1) is 11.8 Å². The number of nitrogens with one attached hydrogen (secondary N) is 2. The normalized spacial score (nSPS) is 10.4. The van der Waals surface area contributed by atoms with Crippen molar-refractivity contribution in [3.63, 3.8) is 0 Å². The smallest absolute Gasteiger partial charge is 0.252 e. The van der Waals surface area contributed by atoms with Gasteiger partial charge in [-0.25, -0.2) is 0 Å². The minimum atomic E-state index is -0.232. The lowest BCUT2D eigenvalue weighted by atomic mass is 10.2. The van der Waals surface area contributed by atoms with Crippen molar-refractivity contribution in [2.45, 2.75) is 18.7 Å². The summed E-state index contributed by atoms with van der Waals surface area (Å²) in [4.78, 5) is 24.3. The van der Waals surface area contributed by atoms with Gasteiger partial charge in [0.05, 0.1) is 10.6 Å². The Bertz CT molecular complexity index is 492. The molecule has 1 aromatic carbocycles. The maximum atomic E-state index is 12.0. The minimum Gasteiger partial charge on any atom is -0.354 e. The zero-order valence-electron chi connectivity index (χ0n) is 11.8. The summed E-state index contributed by atoms with van der Waals surface area (Å²) in [6.07, 6.45) is 1.94. The van der Waals surface area contributed by atoms with Crippen LogP contribution in [0.4, 0.5) is 0 Å². The van der Waals surface area contributed by atoms with Gasteiger partial charge < -0.3 is 10.6 Å². The summed E-state index contributed by atoms with van der Waals surface area (Å²) >= 11 is 7.56. The van der Waals surface area contributed by atoms with Crippen molar-refractivity contribution in [2.24, 2.45) is 5.92 Å². The molecule has 0 aliphatic carbocycles. The highest BCUT2D eigenvalue weighted by Gasteiger charge is 2.11. The molecule has 1 rings (SSSR count). The molecule has 2 amide bonds. The van der Waals surface area contributed by atoms with Crippen molar-refractivity contribution in [3.05, 3.63) is 28.8 Å². The highest BCUT2D eigenvalue weighted by molar-refractivity contribution is 7.98. The Kier molecular flexibility index (Phi) is 6.88. The Labute approximate surface area is 128 Å². The van der Waals surface area contributed by atoms with E-state index in [0.717, 1.165) is 4.90 Å². The van der Waals surface area contributed by atoms with Gasteiger partial charge in [0.15, 0.2) is 0 Å². The van der Waals surface area contributed by atoms with Gasteiger partial charge in [0, 0.05) is 23.9 Å². The molecular formula is C14H19ClN2O2S. The third-order valence-electron chi connectivity index (χ3n) is 2.65. The van der Waals surface area contributed by atoms with E-state index in [1.54, 1.807) is 23.9 Å². The summed E-state index contributed by atoms with van der Waals surface area (Å²) in [7, 11) is 0. The number of benzene rings is 1. The molecule has 0 spiro atoms. The van der Waals surface area contributed by atoms with Gasteiger partial charge in [-0.05, 0) is 24.5 Å². The van der Waals surface area contributed by atoms with E-state index in [1.807, 2.05) is 26.2 Å². The van der Waals surface area contributed by atoms with E-state index in [-0.39, 0.29) is 17.7 Å². The molecule has 6 heteroatoms. The second-order valence-electron chi connectivity index (χ2n) is 4.55. The van der Waals surface area contributed by atoms with E-state index in [2.05, 4.69) is 10.6 Å². The molecule has 0 aromatic heterocycles. The summed E-state index contributed by atoms with van der Waals surface area (Å²) in [6, 6.07) is 5.34. The van der Waals surface area contributed by atoms with E-state index >= 15 is 0 Å². The Hall–Kier alpha value is -1.20. The van der Waals surface area contributed by atoms with Crippen LogP contribution >= 0.6 is 23.4 Å². The van der Waals surface area contributed by atoms with Crippen molar-refractivity contribution in [1.29, 1.82) is 0 Å². The topological polar surface area (TPSA) is 58.2 Å². The van der Waals surface area contributed by atoms with Crippen LogP contribution in [-0.2, 0) is 4.79 Å². The van der Waals surface area contributed by atoms with Gasteiger partial charge in [0.1, 0.15) is 0 Å². The molecule has 0 atom stereocenters. The quantitative estimate of drug-likeness (QED) is 0.627. The number of hydrogen-bond acceptors (Lipinski definition) is 3. The number of halogens is 1. The predicted molar refractivity (Wildman–Crippen MR) is 83.4 cm³/mol. The van der Waals surface area contributed by atoms with E-state index < -0.39 is 0 Å². The fourth-order valence-corrected chi connectivity index (χ4v) is 2.11. The SMILES string of the molecule is CSc1ccc(Cl)c(C(=O)NCCNC(=O)C(C)C)c1. The lowest BCUT2D eigenvalue weighted by Crippen LogP contribution is -2.36. The summed E-state index contributed by atoms with van der Waals surface area (Å²) in [6.45, 7) is 4.42. The van der Waals surface area contributed by atoms with Crippen LogP contribution in [-0.4, -0.2) is 31.2 Å². The Morgan fingerprint density at radius 2 is 1.90 bits per heavy atom. The lowest BCUT2D eigenvalue weighted by Gasteiger charge is -2.10. The predicted octanol–water partition coefficient (Wildman–Crippen LogP) is 2.56. The fourth-order valence-electron chi connectivity index (χ4n) is 1.47. The molecule has 0 aliphatic heterocycles. The highest BCUT2D eigenvalue weighted by atomic mass is 35.5. The highest BCUT2D eigenvalue weighted by Crippen LogP contribution is 2.22. The molecule has 4 nitrogen and oxygen atoms in total. The number of carbonyl (C=O) groups is 2. The van der Waals surface area contributed by atoms with Crippen LogP contribution in [0.5, 0.6) is 0 Å². The van der Waals surface area contributed by atoms with E-state index in [1.165, 1.54) is 0 Å². The molecule has 0 unspecified atom stereocenters. The largest absolute Gasteiger partial charge is 0.354 e. The maximum Gasteiger partial charge on any atom is 0.252 e. The molecule has 2 N–H and O–H groups in total. The van der Waals surface area contributed by atoms with Crippen LogP contribution in [0.15, 0.2) is 23.1 Å². The van der Waals surface area contributed by atoms with Crippen LogP contribution in [0.2, 0.25) is 5.02 Å². The summed E-state index contributed by atoms with van der Waals surface area (Å²) in [5.41, 5.74) is 0.453. The van der Waals surface area contributed by atoms with Crippen molar-refractivity contribution >= 4 is 35.2 Å². The number of rotatable bonds is 6. The molecular weight excluding hydrogens is 296 g/mol. The van der Waals surface area contributed by atoms with Gasteiger partial charge in [0.2, 0.25) is 5.91 Å². The van der Waals surface area contributed by atoms with Crippen molar-refractivity contribution in [1.82, 2.24) is 10.6 Å². The zero-order valence-corrected chi connectivity index (χ0v) is 13.4. The molecule has 0 fully saturated rings. The molecule has 1 aromatic rings. The van der Waals surface area contributed by atoms with E-state index in [9.17, 15) is 9.59 Å². The average molecular weight is 315 g/mol. The molecule has 0 heterocycles. The van der Waals surface area contributed by atoms with E-state index in [0.29, 0.717) is 23.7 Å². The summed E-state index contributed by atoms with van der Waals surface area (Å²) < 4.78 is 0. The molecule has 110 valence electrons. The van der Waals surface area contributed by atoms with Gasteiger partial charge >= 0.3 is 0 Å². The van der Waals surface area contributed by atoms with Gasteiger partial charge in [-0.2, -0.15) is 0 Å².